The Labute approximate surface area is 134 Å². The summed E-state index contributed by atoms with van der Waals surface area (Å²) in [6.07, 6.45) is 0. The number of non-ortho nitro benzene ring substituents is 1. The first-order chi connectivity index (χ1) is 11.0. The van der Waals surface area contributed by atoms with Gasteiger partial charge >= 0.3 is 0 Å². The Bertz CT molecular complexity index is 580. The number of likely N-dealkylation sites (N-methyl/N-ethyl adjacent to an activating group) is 1. The van der Waals surface area contributed by atoms with Crippen molar-refractivity contribution in [3.63, 3.8) is 0 Å². The molecule has 1 aliphatic rings. The van der Waals surface area contributed by atoms with Gasteiger partial charge in [-0.15, -0.1) is 0 Å². The maximum Gasteiger partial charge on any atom is 0.269 e. The van der Waals surface area contributed by atoms with Gasteiger partial charge in [0.1, 0.15) is 0 Å². The Morgan fingerprint density at radius 1 is 1.17 bits per heavy atom. The number of hydrogen-bond donors (Lipinski definition) is 1. The highest BCUT2D eigenvalue weighted by molar-refractivity contribution is 5.94. The highest BCUT2D eigenvalue weighted by atomic mass is 16.6. The van der Waals surface area contributed by atoms with Crippen LogP contribution in [0.3, 0.4) is 0 Å². The lowest BCUT2D eigenvalue weighted by Gasteiger charge is -2.34. The smallest absolute Gasteiger partial charge is 0.269 e. The Morgan fingerprint density at radius 2 is 1.78 bits per heavy atom. The number of nitrogens with one attached hydrogen (secondary N) is 1. The molecule has 0 spiro atoms. The molecule has 23 heavy (non-hydrogen) atoms. The topological polar surface area (TPSA) is 95.8 Å². The summed E-state index contributed by atoms with van der Waals surface area (Å²) < 4.78 is 0. The zero-order chi connectivity index (χ0) is 16.8. The van der Waals surface area contributed by atoms with Crippen LogP contribution in [0, 0.1) is 10.1 Å². The SMILES string of the molecule is CCNC(=O)CN1CCN(C(=O)c2ccc([N+](=O)[O-])cc2)CC1. The first-order valence-corrected chi connectivity index (χ1v) is 7.54. The standard InChI is InChI=1S/C15H20N4O4/c1-2-16-14(20)11-17-7-9-18(10-8-17)15(21)12-3-5-13(6-4-12)19(22)23/h3-6H,2,7-11H2,1H3,(H,16,20). The lowest BCUT2D eigenvalue weighted by Crippen LogP contribution is -2.51. The third-order valence-electron chi connectivity index (χ3n) is 3.73. The van der Waals surface area contributed by atoms with E-state index >= 15 is 0 Å². The average Bonchev–Trinajstić information content (AvgIpc) is 2.55. The van der Waals surface area contributed by atoms with E-state index in [2.05, 4.69) is 5.32 Å². The fraction of sp³-hybridized carbons (Fsp3) is 0.467. The van der Waals surface area contributed by atoms with E-state index in [1.165, 1.54) is 24.3 Å². The quantitative estimate of drug-likeness (QED) is 0.629. The maximum atomic E-state index is 12.4. The summed E-state index contributed by atoms with van der Waals surface area (Å²) in [5, 5.41) is 13.4. The minimum atomic E-state index is -0.492. The van der Waals surface area contributed by atoms with Gasteiger partial charge in [-0.2, -0.15) is 0 Å². The summed E-state index contributed by atoms with van der Waals surface area (Å²) in [4.78, 5) is 37.8. The van der Waals surface area contributed by atoms with Crippen LogP contribution in [-0.4, -0.2) is 65.8 Å². The van der Waals surface area contributed by atoms with Crippen LogP contribution in [0.1, 0.15) is 17.3 Å². The molecule has 0 radical (unpaired) electrons. The van der Waals surface area contributed by atoms with Gasteiger partial charge in [0.15, 0.2) is 0 Å². The Morgan fingerprint density at radius 3 is 2.30 bits per heavy atom. The number of amides is 2. The van der Waals surface area contributed by atoms with Crippen molar-refractivity contribution in [3.05, 3.63) is 39.9 Å². The van der Waals surface area contributed by atoms with Gasteiger partial charge in [-0.25, -0.2) is 0 Å². The maximum absolute atomic E-state index is 12.4. The molecule has 0 bridgehead atoms. The van der Waals surface area contributed by atoms with E-state index in [4.69, 9.17) is 0 Å². The van der Waals surface area contributed by atoms with Gasteiger partial charge in [-0.3, -0.25) is 24.6 Å². The van der Waals surface area contributed by atoms with Crippen molar-refractivity contribution < 1.29 is 14.5 Å². The van der Waals surface area contributed by atoms with Crippen LogP contribution in [0.4, 0.5) is 5.69 Å². The first-order valence-electron chi connectivity index (χ1n) is 7.54. The molecule has 8 nitrogen and oxygen atoms in total. The van der Waals surface area contributed by atoms with Crippen molar-refractivity contribution in [1.82, 2.24) is 15.1 Å². The van der Waals surface area contributed by atoms with Gasteiger partial charge in [-0.05, 0) is 19.1 Å². The number of piperazine rings is 1. The molecule has 1 N–H and O–H groups in total. The molecule has 1 fully saturated rings. The van der Waals surface area contributed by atoms with Crippen molar-refractivity contribution in [3.8, 4) is 0 Å². The number of carbonyl (C=O) groups excluding carboxylic acids is 2. The van der Waals surface area contributed by atoms with E-state index in [0.717, 1.165) is 0 Å². The fourth-order valence-electron chi connectivity index (χ4n) is 2.47. The summed E-state index contributed by atoms with van der Waals surface area (Å²) in [5.41, 5.74) is 0.404. The van der Waals surface area contributed by atoms with E-state index < -0.39 is 4.92 Å². The minimum absolute atomic E-state index is 0.0114. The number of rotatable bonds is 5. The fourth-order valence-corrected chi connectivity index (χ4v) is 2.47. The molecule has 0 atom stereocenters. The molecule has 1 saturated heterocycles. The highest BCUT2D eigenvalue weighted by Crippen LogP contribution is 2.14. The van der Waals surface area contributed by atoms with E-state index in [9.17, 15) is 19.7 Å². The molecule has 124 valence electrons. The van der Waals surface area contributed by atoms with Crippen LogP contribution in [0.15, 0.2) is 24.3 Å². The monoisotopic (exact) mass is 320 g/mol. The molecule has 8 heteroatoms. The van der Waals surface area contributed by atoms with Crippen LogP contribution in [-0.2, 0) is 4.79 Å². The number of carbonyl (C=O) groups is 2. The molecule has 1 aliphatic heterocycles. The van der Waals surface area contributed by atoms with E-state index in [-0.39, 0.29) is 17.5 Å². The van der Waals surface area contributed by atoms with Gasteiger partial charge in [0.25, 0.3) is 11.6 Å². The summed E-state index contributed by atoms with van der Waals surface area (Å²) >= 11 is 0. The normalized spacial score (nSPS) is 15.3. The van der Waals surface area contributed by atoms with Crippen molar-refractivity contribution in [1.29, 1.82) is 0 Å². The highest BCUT2D eigenvalue weighted by Gasteiger charge is 2.23. The molecule has 1 aromatic rings. The van der Waals surface area contributed by atoms with Crippen LogP contribution in [0.25, 0.3) is 0 Å². The largest absolute Gasteiger partial charge is 0.355 e. The number of benzene rings is 1. The molecule has 0 aliphatic carbocycles. The molecule has 2 rings (SSSR count). The van der Waals surface area contributed by atoms with E-state index in [0.29, 0.717) is 44.8 Å². The summed E-state index contributed by atoms with van der Waals surface area (Å²) in [6.45, 7) is 5.17. The van der Waals surface area contributed by atoms with Crippen molar-refractivity contribution in [2.75, 3.05) is 39.3 Å². The molecular weight excluding hydrogens is 300 g/mol. The molecule has 1 heterocycles. The molecular formula is C15H20N4O4. The van der Waals surface area contributed by atoms with Crippen LogP contribution < -0.4 is 5.32 Å². The van der Waals surface area contributed by atoms with Gasteiger partial charge in [0.05, 0.1) is 11.5 Å². The predicted molar refractivity (Wildman–Crippen MR) is 84.1 cm³/mol. The molecule has 0 aromatic heterocycles. The Kier molecular flexibility index (Phi) is 5.64. The minimum Gasteiger partial charge on any atom is -0.355 e. The Hall–Kier alpha value is -2.48. The second-order valence-electron chi connectivity index (χ2n) is 5.33. The van der Waals surface area contributed by atoms with Crippen molar-refractivity contribution >= 4 is 17.5 Å². The van der Waals surface area contributed by atoms with Gasteiger partial charge in [0.2, 0.25) is 5.91 Å². The van der Waals surface area contributed by atoms with Crippen LogP contribution >= 0.6 is 0 Å². The average molecular weight is 320 g/mol. The molecule has 2 amide bonds. The molecule has 0 unspecified atom stereocenters. The van der Waals surface area contributed by atoms with E-state index in [1.807, 2.05) is 11.8 Å². The third-order valence-corrected chi connectivity index (χ3v) is 3.73. The lowest BCUT2D eigenvalue weighted by molar-refractivity contribution is -0.384. The zero-order valence-electron chi connectivity index (χ0n) is 13.0. The summed E-state index contributed by atoms with van der Waals surface area (Å²) in [6, 6.07) is 5.61. The Balaban J connectivity index is 1.88. The van der Waals surface area contributed by atoms with Crippen LogP contribution in [0.2, 0.25) is 0 Å². The van der Waals surface area contributed by atoms with Gasteiger partial charge in [0, 0.05) is 50.4 Å². The van der Waals surface area contributed by atoms with E-state index in [1.54, 1.807) is 4.90 Å². The number of nitrogens with zero attached hydrogens (tertiary/aromatic N) is 3. The molecule has 0 saturated carbocycles. The van der Waals surface area contributed by atoms with Gasteiger partial charge in [-0.1, -0.05) is 0 Å². The number of nitro benzene ring substituents is 1. The third kappa shape index (κ3) is 4.49. The second kappa shape index (κ2) is 7.68. The second-order valence-corrected chi connectivity index (χ2v) is 5.33. The first kappa shape index (κ1) is 16.9. The summed E-state index contributed by atoms with van der Waals surface area (Å²) in [7, 11) is 0. The summed E-state index contributed by atoms with van der Waals surface area (Å²) in [5.74, 6) is -0.153. The van der Waals surface area contributed by atoms with Gasteiger partial charge < -0.3 is 10.2 Å². The van der Waals surface area contributed by atoms with Crippen molar-refractivity contribution in [2.45, 2.75) is 6.92 Å². The lowest BCUT2D eigenvalue weighted by atomic mass is 10.1. The number of nitro groups is 1. The molecule has 1 aromatic carbocycles. The van der Waals surface area contributed by atoms with Crippen LogP contribution in [0.5, 0.6) is 0 Å². The number of hydrogen-bond acceptors (Lipinski definition) is 5. The predicted octanol–water partition coefficient (Wildman–Crippen LogP) is 0.489. The zero-order valence-corrected chi connectivity index (χ0v) is 13.0. The van der Waals surface area contributed by atoms with Crippen molar-refractivity contribution in [2.24, 2.45) is 0 Å².